The number of nitrogens with zero attached hydrogens (tertiary/aromatic N) is 1. The van der Waals surface area contributed by atoms with Crippen LogP contribution in [0.1, 0.15) is 26.0 Å². The Balaban J connectivity index is 1.51. The van der Waals surface area contributed by atoms with E-state index < -0.39 is 45.3 Å². The number of benzene rings is 1. The second-order valence-corrected chi connectivity index (χ2v) is 10.2. The van der Waals surface area contributed by atoms with Gasteiger partial charge in [-0.25, -0.2) is 13.2 Å². The van der Waals surface area contributed by atoms with Gasteiger partial charge in [0.1, 0.15) is 17.9 Å². The van der Waals surface area contributed by atoms with Gasteiger partial charge in [-0.2, -0.15) is 0 Å². The summed E-state index contributed by atoms with van der Waals surface area (Å²) < 4.78 is 29.1. The number of carbonyl (C=O) groups excluding carboxylic acids is 3. The molecule has 2 atom stereocenters. The minimum atomic E-state index is -3.20. The van der Waals surface area contributed by atoms with Crippen molar-refractivity contribution in [1.29, 1.82) is 0 Å². The van der Waals surface area contributed by atoms with Gasteiger partial charge < -0.3 is 15.1 Å². The Morgan fingerprint density at radius 3 is 2.66 bits per heavy atom. The van der Waals surface area contributed by atoms with E-state index >= 15 is 0 Å². The molecule has 9 nitrogen and oxygen atoms in total. The number of para-hydroxylation sites is 1. The normalized spacial score (nSPS) is 28.7. The maximum Gasteiger partial charge on any atom is 0.325 e. The maximum absolute atomic E-state index is 13.0. The largest absolute Gasteiger partial charge is 0.458 e. The van der Waals surface area contributed by atoms with Crippen molar-refractivity contribution in [2.24, 2.45) is 0 Å². The Morgan fingerprint density at radius 1 is 1.28 bits per heavy atom. The summed E-state index contributed by atoms with van der Waals surface area (Å²) in [5.74, 6) is -1.10. The summed E-state index contributed by atoms with van der Waals surface area (Å²) >= 11 is 0. The molecule has 2 unspecified atom stereocenters. The summed E-state index contributed by atoms with van der Waals surface area (Å²) in [6.07, 6.45) is 0.290. The molecular weight excluding hydrogens is 398 g/mol. The highest BCUT2D eigenvalue weighted by atomic mass is 32.2. The fraction of sp³-hybridized carbons (Fsp3) is 0.421. The second kappa shape index (κ2) is 6.31. The number of sulfone groups is 1. The molecule has 2 aliphatic rings. The number of urea groups is 1. The molecule has 10 heteroatoms. The zero-order valence-electron chi connectivity index (χ0n) is 16.0. The van der Waals surface area contributed by atoms with E-state index in [-0.39, 0.29) is 23.7 Å². The molecule has 3 heterocycles. The number of fused-ring (bicyclic) bond motifs is 1. The first-order valence-electron chi connectivity index (χ1n) is 9.16. The van der Waals surface area contributed by atoms with Crippen molar-refractivity contribution < 1.29 is 27.2 Å². The van der Waals surface area contributed by atoms with Crippen molar-refractivity contribution >= 4 is 38.7 Å². The van der Waals surface area contributed by atoms with E-state index in [0.29, 0.717) is 5.58 Å². The molecule has 1 aromatic heterocycles. The van der Waals surface area contributed by atoms with Gasteiger partial charge in [0.2, 0.25) is 5.91 Å². The molecule has 2 aromatic rings. The van der Waals surface area contributed by atoms with Crippen molar-refractivity contribution in [2.75, 3.05) is 18.1 Å². The molecule has 0 spiro atoms. The molecule has 154 valence electrons. The highest BCUT2D eigenvalue weighted by Crippen LogP contribution is 2.33. The summed E-state index contributed by atoms with van der Waals surface area (Å²) in [4.78, 5) is 38.7. The van der Waals surface area contributed by atoms with Gasteiger partial charge in [0, 0.05) is 5.39 Å². The lowest BCUT2D eigenvalue weighted by Crippen LogP contribution is -2.51. The van der Waals surface area contributed by atoms with Gasteiger partial charge in [0.05, 0.1) is 17.0 Å². The summed E-state index contributed by atoms with van der Waals surface area (Å²) in [6.45, 7) is 2.66. The van der Waals surface area contributed by atoms with Crippen LogP contribution in [0, 0.1) is 0 Å². The Kier molecular flexibility index (Phi) is 4.23. The molecule has 1 aromatic carbocycles. The van der Waals surface area contributed by atoms with Gasteiger partial charge in [0.25, 0.3) is 5.91 Å². The Labute approximate surface area is 167 Å². The smallest absolute Gasteiger partial charge is 0.325 e. The van der Waals surface area contributed by atoms with E-state index in [0.717, 1.165) is 10.3 Å². The molecule has 2 fully saturated rings. The van der Waals surface area contributed by atoms with Gasteiger partial charge in [-0.1, -0.05) is 18.2 Å². The second-order valence-electron chi connectivity index (χ2n) is 8.05. The molecule has 0 aliphatic carbocycles. The summed E-state index contributed by atoms with van der Waals surface area (Å²) in [6, 6.07) is 8.19. The van der Waals surface area contributed by atoms with Crippen LogP contribution in [0.25, 0.3) is 11.0 Å². The molecule has 4 rings (SSSR count). The quantitative estimate of drug-likeness (QED) is 0.709. The Morgan fingerprint density at radius 2 is 2.00 bits per heavy atom. The van der Waals surface area contributed by atoms with Crippen LogP contribution >= 0.6 is 0 Å². The number of hydrogen-bond donors (Lipinski definition) is 2. The van der Waals surface area contributed by atoms with Crippen LogP contribution in [0.4, 0.5) is 4.79 Å². The molecule has 29 heavy (non-hydrogen) atoms. The minimum absolute atomic E-state index is 0.00294. The topological polar surface area (TPSA) is 126 Å². The van der Waals surface area contributed by atoms with Crippen molar-refractivity contribution in [3.63, 3.8) is 0 Å². The fourth-order valence-corrected chi connectivity index (χ4v) is 5.96. The number of carbonyl (C=O) groups is 3. The lowest BCUT2D eigenvalue weighted by molar-refractivity contribution is -0.135. The highest BCUT2D eigenvalue weighted by molar-refractivity contribution is 7.91. The highest BCUT2D eigenvalue weighted by Gasteiger charge is 2.52. The number of imide groups is 1. The molecule has 0 bridgehead atoms. The first-order chi connectivity index (χ1) is 13.5. The third kappa shape index (κ3) is 3.37. The van der Waals surface area contributed by atoms with Crippen LogP contribution < -0.4 is 10.6 Å². The number of furan rings is 1. The van der Waals surface area contributed by atoms with Crippen molar-refractivity contribution in [1.82, 2.24) is 15.5 Å². The number of nitrogens with one attached hydrogen (secondary N) is 2. The SMILES string of the molecule is CC1(NC(=O)CN2C(=O)NC(C)(c3cc4ccccc4o3)C2=O)CCS(=O)(=O)C1. The molecule has 2 aliphatic heterocycles. The van der Waals surface area contributed by atoms with Gasteiger partial charge in [0.15, 0.2) is 15.4 Å². The van der Waals surface area contributed by atoms with E-state index in [2.05, 4.69) is 10.6 Å². The average Bonchev–Trinajstić information content (AvgIpc) is 3.24. The van der Waals surface area contributed by atoms with Crippen molar-refractivity contribution in [2.45, 2.75) is 31.3 Å². The number of hydrogen-bond acceptors (Lipinski definition) is 6. The molecular formula is C19H21N3O6S. The molecule has 4 amide bonds. The minimum Gasteiger partial charge on any atom is -0.458 e. The Hall–Kier alpha value is -2.88. The van der Waals surface area contributed by atoms with E-state index in [1.165, 1.54) is 6.92 Å². The first-order valence-corrected chi connectivity index (χ1v) is 11.0. The van der Waals surface area contributed by atoms with Crippen LogP contribution in [0.5, 0.6) is 0 Å². The summed E-state index contributed by atoms with van der Waals surface area (Å²) in [5.41, 5.74) is -1.76. The molecule has 0 saturated carbocycles. The van der Waals surface area contributed by atoms with Crippen LogP contribution in [0.3, 0.4) is 0 Å². The van der Waals surface area contributed by atoms with Crippen molar-refractivity contribution in [3.05, 3.63) is 36.1 Å². The zero-order valence-corrected chi connectivity index (χ0v) is 16.8. The van der Waals surface area contributed by atoms with E-state index in [1.807, 2.05) is 12.1 Å². The third-order valence-corrected chi connectivity index (χ3v) is 7.34. The molecule has 2 saturated heterocycles. The zero-order chi connectivity index (χ0) is 21.0. The predicted molar refractivity (Wildman–Crippen MR) is 104 cm³/mol. The Bertz CT molecular complexity index is 1110. The maximum atomic E-state index is 13.0. The van der Waals surface area contributed by atoms with Gasteiger partial charge in [-0.3, -0.25) is 14.5 Å². The van der Waals surface area contributed by atoms with Gasteiger partial charge in [-0.05, 0) is 32.4 Å². The number of amides is 4. The summed E-state index contributed by atoms with van der Waals surface area (Å²) in [5, 5.41) is 6.04. The van der Waals surface area contributed by atoms with E-state index in [9.17, 15) is 22.8 Å². The number of rotatable bonds is 4. The van der Waals surface area contributed by atoms with Crippen LogP contribution in [-0.4, -0.2) is 54.8 Å². The van der Waals surface area contributed by atoms with Crippen LogP contribution in [0.2, 0.25) is 0 Å². The van der Waals surface area contributed by atoms with E-state index in [1.54, 1.807) is 25.1 Å². The fourth-order valence-electron chi connectivity index (χ4n) is 3.86. The molecule has 2 N–H and O–H groups in total. The molecule has 0 radical (unpaired) electrons. The van der Waals surface area contributed by atoms with E-state index in [4.69, 9.17) is 4.42 Å². The van der Waals surface area contributed by atoms with Gasteiger partial charge in [-0.15, -0.1) is 0 Å². The van der Waals surface area contributed by atoms with Crippen LogP contribution in [-0.2, 0) is 25.0 Å². The van der Waals surface area contributed by atoms with Crippen molar-refractivity contribution in [3.8, 4) is 0 Å². The first kappa shape index (κ1) is 19.4. The monoisotopic (exact) mass is 419 g/mol. The lowest BCUT2D eigenvalue weighted by atomic mass is 9.98. The standard InChI is InChI=1S/C19H21N3O6S/c1-18(7-8-29(26,27)11-18)20-15(23)10-22-16(24)19(2,21-17(22)25)14-9-12-5-3-4-6-13(12)28-14/h3-6,9H,7-8,10-11H2,1-2H3,(H,20,23)(H,21,25). The summed E-state index contributed by atoms with van der Waals surface area (Å²) in [7, 11) is -3.20. The predicted octanol–water partition coefficient (Wildman–Crippen LogP) is 0.893. The van der Waals surface area contributed by atoms with Crippen LogP contribution in [0.15, 0.2) is 34.7 Å². The lowest BCUT2D eigenvalue weighted by Gasteiger charge is -2.25. The average molecular weight is 419 g/mol. The van der Waals surface area contributed by atoms with Gasteiger partial charge >= 0.3 is 6.03 Å². The third-order valence-electron chi connectivity index (χ3n) is 5.44.